The molecule has 1 N–H and O–H groups in total. The maximum absolute atomic E-state index is 12.5. The minimum absolute atomic E-state index is 0.0289. The zero-order valence-corrected chi connectivity index (χ0v) is 12.1. The van der Waals surface area contributed by atoms with Gasteiger partial charge in [-0.15, -0.1) is 0 Å². The molecular weight excluding hydrogens is 244 g/mol. The number of carbonyl (C=O) groups is 2. The number of aliphatic carboxylic acids is 1. The minimum Gasteiger partial charge on any atom is -0.481 e. The van der Waals surface area contributed by atoms with Crippen LogP contribution >= 0.6 is 0 Å². The third-order valence-electron chi connectivity index (χ3n) is 4.06. The Morgan fingerprint density at radius 3 is 2.47 bits per heavy atom. The van der Waals surface area contributed by atoms with Crippen LogP contribution in [0.1, 0.15) is 40.0 Å². The number of carboxylic acids is 1. The van der Waals surface area contributed by atoms with Crippen LogP contribution in [0.4, 0.5) is 4.79 Å². The fourth-order valence-corrected chi connectivity index (χ4v) is 2.64. The fraction of sp³-hybridized carbons (Fsp3) is 0.857. The van der Waals surface area contributed by atoms with Crippen LogP contribution in [0.25, 0.3) is 0 Å². The van der Waals surface area contributed by atoms with E-state index < -0.39 is 11.4 Å². The molecule has 2 fully saturated rings. The lowest BCUT2D eigenvalue weighted by Crippen LogP contribution is -2.46. The summed E-state index contributed by atoms with van der Waals surface area (Å²) in [6.45, 7) is 7.60. The standard InChI is InChI=1S/C14H24N2O3/c1-10(2)8-16(11-4-5-11)13(19)15-7-6-14(3,9-15)12(17)18/h10-11H,4-9H2,1-3H3,(H,17,18). The van der Waals surface area contributed by atoms with Crippen molar-refractivity contribution in [2.24, 2.45) is 11.3 Å². The number of carboxylic acid groups (broad SMARTS) is 1. The normalized spacial score (nSPS) is 26.8. The van der Waals surface area contributed by atoms with Crippen LogP contribution in [0.15, 0.2) is 0 Å². The molecule has 1 unspecified atom stereocenters. The third kappa shape index (κ3) is 3.01. The Morgan fingerprint density at radius 2 is 2.05 bits per heavy atom. The average Bonchev–Trinajstić information content (AvgIpc) is 3.08. The molecule has 1 heterocycles. The zero-order valence-electron chi connectivity index (χ0n) is 12.1. The average molecular weight is 268 g/mol. The van der Waals surface area contributed by atoms with Crippen LogP contribution in [0.3, 0.4) is 0 Å². The number of carbonyl (C=O) groups excluding carboxylic acids is 1. The highest BCUT2D eigenvalue weighted by Crippen LogP contribution is 2.33. The maximum atomic E-state index is 12.5. The Bertz CT molecular complexity index is 379. The number of amides is 2. The number of hydrogen-bond donors (Lipinski definition) is 1. The van der Waals surface area contributed by atoms with E-state index in [1.165, 1.54) is 0 Å². The highest BCUT2D eigenvalue weighted by Gasteiger charge is 2.44. The lowest BCUT2D eigenvalue weighted by molar-refractivity contribution is -0.147. The molecule has 2 rings (SSSR count). The molecular formula is C14H24N2O3. The molecule has 0 bridgehead atoms. The van der Waals surface area contributed by atoms with E-state index in [9.17, 15) is 14.7 Å². The van der Waals surface area contributed by atoms with Gasteiger partial charge in [-0.2, -0.15) is 0 Å². The Hall–Kier alpha value is -1.26. The number of likely N-dealkylation sites (tertiary alicyclic amines) is 1. The van der Waals surface area contributed by atoms with Crippen molar-refractivity contribution in [3.05, 3.63) is 0 Å². The van der Waals surface area contributed by atoms with Crippen LogP contribution < -0.4 is 0 Å². The highest BCUT2D eigenvalue weighted by atomic mass is 16.4. The van der Waals surface area contributed by atoms with Crippen LogP contribution in [0, 0.1) is 11.3 Å². The molecule has 0 aromatic rings. The maximum Gasteiger partial charge on any atom is 0.320 e. The topological polar surface area (TPSA) is 60.9 Å². The van der Waals surface area contributed by atoms with Crippen LogP contribution in [0.2, 0.25) is 0 Å². The van der Waals surface area contributed by atoms with Crippen molar-refractivity contribution in [2.45, 2.75) is 46.1 Å². The van der Waals surface area contributed by atoms with Gasteiger partial charge in [0.25, 0.3) is 0 Å². The van der Waals surface area contributed by atoms with E-state index in [0.29, 0.717) is 31.5 Å². The molecule has 2 amide bonds. The molecule has 1 saturated carbocycles. The van der Waals surface area contributed by atoms with Gasteiger partial charge in [0.1, 0.15) is 0 Å². The molecule has 19 heavy (non-hydrogen) atoms. The highest BCUT2D eigenvalue weighted by molar-refractivity contribution is 5.80. The second-order valence-electron chi connectivity index (χ2n) is 6.60. The van der Waals surface area contributed by atoms with Gasteiger partial charge >= 0.3 is 12.0 Å². The summed E-state index contributed by atoms with van der Waals surface area (Å²) >= 11 is 0. The first-order chi connectivity index (χ1) is 8.83. The van der Waals surface area contributed by atoms with Gasteiger partial charge in [0, 0.05) is 25.7 Å². The van der Waals surface area contributed by atoms with Crippen LogP contribution in [0.5, 0.6) is 0 Å². The van der Waals surface area contributed by atoms with E-state index in [2.05, 4.69) is 13.8 Å². The lowest BCUT2D eigenvalue weighted by atomic mass is 9.90. The summed E-state index contributed by atoms with van der Waals surface area (Å²) < 4.78 is 0. The summed E-state index contributed by atoms with van der Waals surface area (Å²) in [5.74, 6) is -0.359. The molecule has 5 heteroatoms. The molecule has 1 aliphatic heterocycles. The monoisotopic (exact) mass is 268 g/mol. The van der Waals surface area contributed by atoms with Gasteiger partial charge in [-0.05, 0) is 32.1 Å². The fourth-order valence-electron chi connectivity index (χ4n) is 2.64. The van der Waals surface area contributed by atoms with Gasteiger partial charge in [-0.3, -0.25) is 4.79 Å². The largest absolute Gasteiger partial charge is 0.481 e. The molecule has 1 aliphatic carbocycles. The van der Waals surface area contributed by atoms with Gasteiger partial charge in [-0.25, -0.2) is 4.79 Å². The Balaban J connectivity index is 2.01. The second kappa shape index (κ2) is 5.02. The van der Waals surface area contributed by atoms with E-state index in [4.69, 9.17) is 0 Å². The summed E-state index contributed by atoms with van der Waals surface area (Å²) in [7, 11) is 0. The van der Waals surface area contributed by atoms with Crippen LogP contribution in [-0.2, 0) is 4.79 Å². The van der Waals surface area contributed by atoms with Crippen molar-refractivity contribution in [2.75, 3.05) is 19.6 Å². The van der Waals surface area contributed by atoms with Crippen molar-refractivity contribution < 1.29 is 14.7 Å². The van der Waals surface area contributed by atoms with Crippen molar-refractivity contribution in [3.8, 4) is 0 Å². The molecule has 0 spiro atoms. The van der Waals surface area contributed by atoms with Crippen molar-refractivity contribution in [3.63, 3.8) is 0 Å². The molecule has 1 saturated heterocycles. The Kier molecular flexibility index (Phi) is 3.74. The smallest absolute Gasteiger partial charge is 0.320 e. The summed E-state index contributed by atoms with van der Waals surface area (Å²) in [6, 6.07) is 0.410. The van der Waals surface area contributed by atoms with E-state index in [1.807, 2.05) is 4.90 Å². The van der Waals surface area contributed by atoms with Crippen molar-refractivity contribution in [1.29, 1.82) is 0 Å². The predicted octanol–water partition coefficient (Wildman–Crippen LogP) is 2.02. The summed E-state index contributed by atoms with van der Waals surface area (Å²) in [4.78, 5) is 27.4. The first-order valence-electron chi connectivity index (χ1n) is 7.12. The molecule has 0 aromatic carbocycles. The number of rotatable bonds is 4. The lowest BCUT2D eigenvalue weighted by Gasteiger charge is -2.30. The Morgan fingerprint density at radius 1 is 1.42 bits per heavy atom. The summed E-state index contributed by atoms with van der Waals surface area (Å²) in [5.41, 5.74) is -0.775. The molecule has 1 atom stereocenters. The summed E-state index contributed by atoms with van der Waals surface area (Å²) in [5, 5.41) is 9.23. The number of urea groups is 1. The first-order valence-corrected chi connectivity index (χ1v) is 7.12. The number of hydrogen-bond acceptors (Lipinski definition) is 2. The predicted molar refractivity (Wildman–Crippen MR) is 71.9 cm³/mol. The zero-order chi connectivity index (χ0) is 14.2. The van der Waals surface area contributed by atoms with Gasteiger partial charge < -0.3 is 14.9 Å². The van der Waals surface area contributed by atoms with Gasteiger partial charge in [0.2, 0.25) is 0 Å². The first kappa shape index (κ1) is 14.2. The molecule has 108 valence electrons. The van der Waals surface area contributed by atoms with Crippen LogP contribution in [-0.4, -0.2) is 52.6 Å². The van der Waals surface area contributed by atoms with Gasteiger partial charge in [0.15, 0.2) is 0 Å². The summed E-state index contributed by atoms with van der Waals surface area (Å²) in [6.07, 6.45) is 2.72. The van der Waals surface area contributed by atoms with Gasteiger partial charge in [0.05, 0.1) is 5.41 Å². The van der Waals surface area contributed by atoms with Crippen molar-refractivity contribution >= 4 is 12.0 Å². The molecule has 0 aromatic heterocycles. The minimum atomic E-state index is -0.801. The Labute approximate surface area is 114 Å². The molecule has 5 nitrogen and oxygen atoms in total. The SMILES string of the molecule is CC(C)CN(C(=O)N1CCC(C)(C(=O)O)C1)C1CC1. The number of nitrogens with zero attached hydrogens (tertiary/aromatic N) is 2. The van der Waals surface area contributed by atoms with E-state index in [0.717, 1.165) is 19.4 Å². The quantitative estimate of drug-likeness (QED) is 0.848. The van der Waals surface area contributed by atoms with E-state index in [1.54, 1.807) is 11.8 Å². The molecule has 2 aliphatic rings. The van der Waals surface area contributed by atoms with E-state index >= 15 is 0 Å². The third-order valence-corrected chi connectivity index (χ3v) is 4.06. The van der Waals surface area contributed by atoms with E-state index in [-0.39, 0.29) is 6.03 Å². The second-order valence-corrected chi connectivity index (χ2v) is 6.60. The molecule has 0 radical (unpaired) electrons. The van der Waals surface area contributed by atoms with Gasteiger partial charge in [-0.1, -0.05) is 13.8 Å². The van der Waals surface area contributed by atoms with Crippen molar-refractivity contribution in [1.82, 2.24) is 9.80 Å².